The van der Waals surface area contributed by atoms with Crippen LogP contribution in [-0.4, -0.2) is 11.6 Å². The number of hydrogen-bond acceptors (Lipinski definition) is 2. The van der Waals surface area contributed by atoms with E-state index in [1.807, 2.05) is 80.6 Å². The Morgan fingerprint density at radius 2 is 1.68 bits per heavy atom. The molecular formula is C20H18O2. The van der Waals surface area contributed by atoms with Crippen LogP contribution in [0.2, 0.25) is 0 Å². The van der Waals surface area contributed by atoms with Gasteiger partial charge in [0.05, 0.1) is 0 Å². The SMILES string of the molecule is Cc1ccc(C2=CC(=O)OC2(C)/C=C/c2ccccc2)cc1. The molecule has 0 saturated carbocycles. The smallest absolute Gasteiger partial charge is 0.332 e. The number of ether oxygens (including phenoxy) is 1. The zero-order valence-corrected chi connectivity index (χ0v) is 12.7. The van der Waals surface area contributed by atoms with Crippen LogP contribution in [0.3, 0.4) is 0 Å². The molecule has 2 aromatic rings. The Morgan fingerprint density at radius 1 is 1.00 bits per heavy atom. The third-order valence-electron chi connectivity index (χ3n) is 3.87. The number of hydrogen-bond donors (Lipinski definition) is 0. The molecule has 0 N–H and O–H groups in total. The predicted molar refractivity (Wildman–Crippen MR) is 89.1 cm³/mol. The highest BCUT2D eigenvalue weighted by Crippen LogP contribution is 2.37. The van der Waals surface area contributed by atoms with Gasteiger partial charge < -0.3 is 4.74 Å². The summed E-state index contributed by atoms with van der Waals surface area (Å²) in [4.78, 5) is 11.8. The minimum Gasteiger partial charge on any atom is -0.447 e. The first-order chi connectivity index (χ1) is 10.6. The van der Waals surface area contributed by atoms with Crippen molar-refractivity contribution in [2.24, 2.45) is 0 Å². The minimum absolute atomic E-state index is 0.296. The fraction of sp³-hybridized carbons (Fsp3) is 0.150. The fourth-order valence-corrected chi connectivity index (χ4v) is 2.60. The van der Waals surface area contributed by atoms with Crippen LogP contribution in [0.5, 0.6) is 0 Å². The molecule has 1 unspecified atom stereocenters. The molecule has 0 amide bonds. The summed E-state index contributed by atoms with van der Waals surface area (Å²) in [6.07, 6.45) is 5.51. The normalized spacial score (nSPS) is 21.0. The fourth-order valence-electron chi connectivity index (χ4n) is 2.60. The average Bonchev–Trinajstić information content (AvgIpc) is 2.82. The summed E-state index contributed by atoms with van der Waals surface area (Å²) in [7, 11) is 0. The van der Waals surface area contributed by atoms with Gasteiger partial charge in [0.1, 0.15) is 0 Å². The van der Waals surface area contributed by atoms with Crippen LogP contribution in [0, 0.1) is 6.92 Å². The summed E-state index contributed by atoms with van der Waals surface area (Å²) in [5, 5.41) is 0. The van der Waals surface area contributed by atoms with Gasteiger partial charge in [0.15, 0.2) is 5.60 Å². The van der Waals surface area contributed by atoms with Gasteiger partial charge in [-0.1, -0.05) is 66.2 Å². The first-order valence-electron chi connectivity index (χ1n) is 7.33. The van der Waals surface area contributed by atoms with Gasteiger partial charge in [0.25, 0.3) is 0 Å². The second-order valence-electron chi connectivity index (χ2n) is 5.70. The third kappa shape index (κ3) is 2.86. The van der Waals surface area contributed by atoms with E-state index < -0.39 is 5.60 Å². The van der Waals surface area contributed by atoms with E-state index in [-0.39, 0.29) is 5.97 Å². The maximum atomic E-state index is 11.8. The highest BCUT2D eigenvalue weighted by molar-refractivity contribution is 5.99. The number of cyclic esters (lactones) is 1. The van der Waals surface area contributed by atoms with Gasteiger partial charge in [-0.3, -0.25) is 0 Å². The third-order valence-corrected chi connectivity index (χ3v) is 3.87. The summed E-state index contributed by atoms with van der Waals surface area (Å²) >= 11 is 0. The Balaban J connectivity index is 1.94. The Morgan fingerprint density at radius 3 is 2.36 bits per heavy atom. The first-order valence-corrected chi connectivity index (χ1v) is 7.33. The number of rotatable bonds is 3. The summed E-state index contributed by atoms with van der Waals surface area (Å²) in [5.41, 5.74) is 3.44. The van der Waals surface area contributed by atoms with Gasteiger partial charge in [0, 0.05) is 11.6 Å². The van der Waals surface area contributed by atoms with Crippen LogP contribution in [0.25, 0.3) is 11.6 Å². The van der Waals surface area contributed by atoms with Crippen LogP contribution in [-0.2, 0) is 9.53 Å². The van der Waals surface area contributed by atoms with Gasteiger partial charge in [-0.05, 0) is 31.1 Å². The number of carbonyl (C=O) groups is 1. The van der Waals surface area contributed by atoms with E-state index in [2.05, 4.69) is 0 Å². The minimum atomic E-state index is -0.734. The van der Waals surface area contributed by atoms with Crippen LogP contribution >= 0.6 is 0 Å². The van der Waals surface area contributed by atoms with Gasteiger partial charge >= 0.3 is 5.97 Å². The maximum absolute atomic E-state index is 11.8. The molecule has 0 radical (unpaired) electrons. The number of benzene rings is 2. The van der Waals surface area contributed by atoms with Crippen molar-refractivity contribution in [3.8, 4) is 0 Å². The molecule has 0 aliphatic carbocycles. The molecule has 0 aromatic heterocycles. The second kappa shape index (κ2) is 5.64. The molecule has 3 rings (SSSR count). The number of aryl methyl sites for hydroxylation is 1. The molecular weight excluding hydrogens is 272 g/mol. The van der Waals surface area contributed by atoms with Crippen molar-refractivity contribution in [3.05, 3.63) is 83.4 Å². The number of carbonyl (C=O) groups excluding carboxylic acids is 1. The molecule has 2 aromatic carbocycles. The lowest BCUT2D eigenvalue weighted by Crippen LogP contribution is -2.24. The van der Waals surface area contributed by atoms with E-state index in [0.29, 0.717) is 0 Å². The Labute approximate surface area is 130 Å². The molecule has 0 saturated heterocycles. The zero-order chi connectivity index (χ0) is 15.6. The summed E-state index contributed by atoms with van der Waals surface area (Å²) in [5.74, 6) is -0.296. The van der Waals surface area contributed by atoms with Gasteiger partial charge in [-0.15, -0.1) is 0 Å². The van der Waals surface area contributed by atoms with Crippen molar-refractivity contribution >= 4 is 17.6 Å². The second-order valence-corrected chi connectivity index (χ2v) is 5.70. The maximum Gasteiger partial charge on any atom is 0.332 e. The first kappa shape index (κ1) is 14.3. The van der Waals surface area contributed by atoms with Crippen LogP contribution in [0.15, 0.2) is 66.7 Å². The average molecular weight is 290 g/mol. The molecule has 0 bridgehead atoms. The van der Waals surface area contributed by atoms with E-state index in [4.69, 9.17) is 4.74 Å². The Bertz CT molecular complexity index is 739. The molecule has 1 aliphatic rings. The molecule has 0 spiro atoms. The summed E-state index contributed by atoms with van der Waals surface area (Å²) in [6.45, 7) is 3.96. The van der Waals surface area contributed by atoms with E-state index in [1.54, 1.807) is 6.08 Å². The Kier molecular flexibility index (Phi) is 3.68. The van der Waals surface area contributed by atoms with E-state index >= 15 is 0 Å². The highest BCUT2D eigenvalue weighted by atomic mass is 16.6. The van der Waals surface area contributed by atoms with E-state index in [0.717, 1.165) is 16.7 Å². The van der Waals surface area contributed by atoms with Crippen molar-refractivity contribution in [3.63, 3.8) is 0 Å². The van der Waals surface area contributed by atoms with Gasteiger partial charge in [0.2, 0.25) is 0 Å². The molecule has 2 heteroatoms. The molecule has 2 nitrogen and oxygen atoms in total. The van der Waals surface area contributed by atoms with Crippen molar-refractivity contribution in [1.82, 2.24) is 0 Å². The van der Waals surface area contributed by atoms with Gasteiger partial charge in [-0.25, -0.2) is 4.79 Å². The quantitative estimate of drug-likeness (QED) is 0.783. The molecule has 1 heterocycles. The number of esters is 1. The molecule has 0 fully saturated rings. The highest BCUT2D eigenvalue weighted by Gasteiger charge is 2.37. The monoisotopic (exact) mass is 290 g/mol. The van der Waals surface area contributed by atoms with E-state index in [1.165, 1.54) is 5.56 Å². The van der Waals surface area contributed by atoms with Crippen molar-refractivity contribution < 1.29 is 9.53 Å². The molecule has 1 aliphatic heterocycles. The van der Waals surface area contributed by atoms with Crippen molar-refractivity contribution in [1.29, 1.82) is 0 Å². The van der Waals surface area contributed by atoms with Crippen LogP contribution in [0.4, 0.5) is 0 Å². The van der Waals surface area contributed by atoms with Crippen molar-refractivity contribution in [2.75, 3.05) is 0 Å². The Hall–Kier alpha value is -2.61. The standard InChI is InChI=1S/C20H18O2/c1-15-8-10-17(11-9-15)18-14-19(21)22-20(18,2)13-12-16-6-4-3-5-7-16/h3-14H,1-2H3/b13-12+. The van der Waals surface area contributed by atoms with Crippen LogP contribution in [0.1, 0.15) is 23.6 Å². The molecule has 110 valence electrons. The topological polar surface area (TPSA) is 26.3 Å². The van der Waals surface area contributed by atoms with Crippen LogP contribution < -0.4 is 0 Å². The lowest BCUT2D eigenvalue weighted by atomic mass is 9.89. The summed E-state index contributed by atoms with van der Waals surface area (Å²) in [6, 6.07) is 18.1. The van der Waals surface area contributed by atoms with E-state index in [9.17, 15) is 4.79 Å². The lowest BCUT2D eigenvalue weighted by Gasteiger charge is -2.23. The predicted octanol–water partition coefficient (Wildman–Crippen LogP) is 4.41. The summed E-state index contributed by atoms with van der Waals surface area (Å²) < 4.78 is 5.55. The molecule has 1 atom stereocenters. The lowest BCUT2D eigenvalue weighted by molar-refractivity contribution is -0.141. The zero-order valence-electron chi connectivity index (χ0n) is 12.7. The van der Waals surface area contributed by atoms with Gasteiger partial charge in [-0.2, -0.15) is 0 Å². The van der Waals surface area contributed by atoms with Crippen molar-refractivity contribution in [2.45, 2.75) is 19.4 Å². The molecule has 22 heavy (non-hydrogen) atoms. The largest absolute Gasteiger partial charge is 0.447 e.